The fourth-order valence-corrected chi connectivity index (χ4v) is 5.70. The van der Waals surface area contributed by atoms with E-state index in [4.69, 9.17) is 4.74 Å². The normalized spacial score (nSPS) is 15.1. The van der Waals surface area contributed by atoms with Crippen LogP contribution in [-0.4, -0.2) is 22.3 Å². The maximum Gasteiger partial charge on any atom is 0.438 e. The van der Waals surface area contributed by atoms with Gasteiger partial charge in [0.15, 0.2) is 0 Å². The number of esters is 1. The van der Waals surface area contributed by atoms with Crippen LogP contribution in [0.4, 0.5) is 0 Å². The second-order valence-corrected chi connectivity index (χ2v) is 9.04. The molecule has 3 rings (SSSR count). The van der Waals surface area contributed by atoms with E-state index in [9.17, 15) is 14.9 Å². The Hall–Kier alpha value is -2.48. The molecule has 0 aliphatic heterocycles. The van der Waals surface area contributed by atoms with Gasteiger partial charge in [0, 0.05) is 10.6 Å². The van der Waals surface area contributed by atoms with E-state index in [2.05, 4.69) is 4.79 Å². The quantitative estimate of drug-likeness (QED) is 0.266. The molecule has 1 aliphatic rings. The number of carbonyl (C=O) groups excluding carboxylic acids is 1. The van der Waals surface area contributed by atoms with Gasteiger partial charge in [0.1, 0.15) is 6.10 Å². The number of hydrogen-bond acceptors (Lipinski definition) is 3. The Kier molecular flexibility index (Phi) is 5.82. The van der Waals surface area contributed by atoms with Crippen LogP contribution in [-0.2, 0) is 14.1 Å². The van der Waals surface area contributed by atoms with Gasteiger partial charge >= 0.3 is 11.4 Å². The summed E-state index contributed by atoms with van der Waals surface area (Å²) < 4.78 is 19.6. The van der Waals surface area contributed by atoms with E-state index in [1.165, 1.54) is 0 Å². The van der Waals surface area contributed by atoms with E-state index >= 15 is 0 Å². The Labute approximate surface area is 153 Å². The topological polar surface area (TPSA) is 79.8 Å². The van der Waals surface area contributed by atoms with Crippen molar-refractivity contribution in [3.8, 4) is 0 Å². The highest BCUT2D eigenvalue weighted by Crippen LogP contribution is 2.44. The Morgan fingerprint density at radius 2 is 1.42 bits per heavy atom. The summed E-state index contributed by atoms with van der Waals surface area (Å²) in [6, 6.07) is 17.3. The molecule has 0 N–H and O–H groups in total. The zero-order valence-electron chi connectivity index (χ0n) is 14.5. The lowest BCUT2D eigenvalue weighted by Crippen LogP contribution is -2.32. The van der Waals surface area contributed by atoms with Gasteiger partial charge in [-0.05, 0) is 25.7 Å². The average molecular weight is 368 g/mol. The van der Waals surface area contributed by atoms with Crippen LogP contribution < -0.4 is 10.6 Å². The summed E-state index contributed by atoms with van der Waals surface area (Å²) in [4.78, 5) is 15.9. The third-order valence-electron chi connectivity index (χ3n) is 4.64. The third kappa shape index (κ3) is 3.70. The fourth-order valence-electron chi connectivity index (χ4n) is 3.29. The largest absolute Gasteiger partial charge is 0.453 e. The second-order valence-electron chi connectivity index (χ2n) is 6.37. The number of hydrogen-bond donors (Lipinski definition) is 0. The summed E-state index contributed by atoms with van der Waals surface area (Å²) in [5.41, 5.74) is 9.17. The summed E-state index contributed by atoms with van der Waals surface area (Å²) in [6.07, 6.45) is 4.48. The summed E-state index contributed by atoms with van der Waals surface area (Å²) in [6.45, 7) is 0. The average Bonchev–Trinajstić information content (AvgIpc) is 2.70. The van der Waals surface area contributed by atoms with Crippen molar-refractivity contribution in [2.45, 2.75) is 38.2 Å². The van der Waals surface area contributed by atoms with Gasteiger partial charge in [-0.15, -0.1) is 0 Å². The van der Waals surface area contributed by atoms with E-state index < -0.39 is 18.6 Å². The number of nitrogens with zero attached hydrogens (tertiary/aromatic N) is 2. The molecule has 2 aromatic carbocycles. The number of benzene rings is 2. The number of carbonyl (C=O) groups is 1. The van der Waals surface area contributed by atoms with Gasteiger partial charge < -0.3 is 14.8 Å². The van der Waals surface area contributed by atoms with Gasteiger partial charge in [0.05, 0.1) is 0 Å². The first-order valence-electron chi connectivity index (χ1n) is 8.81. The maximum atomic E-state index is 14.0. The maximum absolute atomic E-state index is 14.0. The monoisotopic (exact) mass is 368 g/mol. The minimum Gasteiger partial charge on any atom is -0.453 e. The molecule has 0 heterocycles. The van der Waals surface area contributed by atoms with Crippen LogP contribution in [0.2, 0.25) is 0 Å². The van der Waals surface area contributed by atoms with E-state index in [0.29, 0.717) is 10.6 Å². The van der Waals surface area contributed by atoms with Crippen LogP contribution in [0.25, 0.3) is 5.53 Å². The molecule has 2 aromatic rings. The van der Waals surface area contributed by atoms with Crippen LogP contribution in [0.3, 0.4) is 0 Å². The molecule has 0 spiro atoms. The molecule has 0 atom stereocenters. The van der Waals surface area contributed by atoms with E-state index in [0.717, 1.165) is 32.1 Å². The molecular formula is C20H21N2O3P. The first-order chi connectivity index (χ1) is 12.7. The Morgan fingerprint density at radius 3 is 1.88 bits per heavy atom. The number of rotatable bonds is 5. The summed E-state index contributed by atoms with van der Waals surface area (Å²) in [5.74, 6) is -0.810. The first kappa shape index (κ1) is 18.3. The van der Waals surface area contributed by atoms with Crippen molar-refractivity contribution in [1.82, 2.24) is 0 Å². The molecule has 1 saturated carbocycles. The lowest BCUT2D eigenvalue weighted by atomic mass is 9.98. The van der Waals surface area contributed by atoms with Crippen molar-refractivity contribution >= 4 is 29.2 Å². The highest BCUT2D eigenvalue weighted by Gasteiger charge is 2.47. The predicted octanol–water partition coefficient (Wildman–Crippen LogP) is 3.50. The molecule has 134 valence electrons. The second kappa shape index (κ2) is 8.27. The highest BCUT2D eigenvalue weighted by molar-refractivity contribution is 7.95. The standard InChI is InChI=1S/C20H21N2O3P/c21-22-19(20(23)25-16-10-4-1-5-11-16)26(24,17-12-6-2-7-13-17)18-14-8-3-9-15-18/h2-3,6-9,12-16H,1,4-5,10-11H2. The zero-order valence-corrected chi connectivity index (χ0v) is 15.3. The van der Waals surface area contributed by atoms with Crippen LogP contribution in [0, 0.1) is 0 Å². The van der Waals surface area contributed by atoms with Gasteiger partial charge in [-0.2, -0.15) is 4.79 Å². The Bertz CT molecular complexity index is 812. The van der Waals surface area contributed by atoms with Crippen molar-refractivity contribution in [2.24, 2.45) is 0 Å². The van der Waals surface area contributed by atoms with Crippen molar-refractivity contribution < 1.29 is 18.9 Å². The smallest absolute Gasteiger partial charge is 0.438 e. The number of ether oxygens (including phenoxy) is 1. The van der Waals surface area contributed by atoms with E-state index in [-0.39, 0.29) is 6.10 Å². The third-order valence-corrected chi connectivity index (χ3v) is 7.56. The van der Waals surface area contributed by atoms with Crippen LogP contribution in [0.15, 0.2) is 60.7 Å². The summed E-state index contributed by atoms with van der Waals surface area (Å²) in [5, 5.41) is 0.860. The SMILES string of the molecule is [N-]=[N+]=C(C(=O)OC1CCCCC1)P(=O)(c1ccccc1)c1ccccc1. The Balaban J connectivity index is 2.01. The molecule has 6 heteroatoms. The van der Waals surface area contributed by atoms with Gasteiger partial charge in [-0.3, -0.25) is 0 Å². The van der Waals surface area contributed by atoms with Crippen molar-refractivity contribution in [2.75, 3.05) is 0 Å². The van der Waals surface area contributed by atoms with Gasteiger partial charge in [0.25, 0.3) is 7.14 Å². The minimum atomic E-state index is -3.63. The Morgan fingerprint density at radius 1 is 0.923 bits per heavy atom. The molecule has 5 nitrogen and oxygen atoms in total. The van der Waals surface area contributed by atoms with Crippen LogP contribution in [0.5, 0.6) is 0 Å². The zero-order chi connectivity index (χ0) is 18.4. The summed E-state index contributed by atoms with van der Waals surface area (Å²) >= 11 is 0. The van der Waals surface area contributed by atoms with Crippen molar-refractivity contribution in [1.29, 1.82) is 0 Å². The molecule has 0 radical (unpaired) electrons. The van der Waals surface area contributed by atoms with Gasteiger partial charge in [-0.25, -0.2) is 4.79 Å². The molecule has 1 aliphatic carbocycles. The molecule has 0 unspecified atom stereocenters. The molecule has 1 fully saturated rings. The van der Waals surface area contributed by atoms with E-state index in [1.54, 1.807) is 60.7 Å². The molecule has 0 bridgehead atoms. The van der Waals surface area contributed by atoms with E-state index in [1.807, 2.05) is 0 Å². The predicted molar refractivity (Wildman–Crippen MR) is 101 cm³/mol. The lowest BCUT2D eigenvalue weighted by Gasteiger charge is -2.22. The molecule has 0 saturated heterocycles. The van der Waals surface area contributed by atoms with Crippen molar-refractivity contribution in [3.05, 3.63) is 66.2 Å². The van der Waals surface area contributed by atoms with Gasteiger partial charge in [0.2, 0.25) is 0 Å². The van der Waals surface area contributed by atoms with Crippen LogP contribution >= 0.6 is 7.14 Å². The lowest BCUT2D eigenvalue weighted by molar-refractivity contribution is -0.145. The summed E-state index contributed by atoms with van der Waals surface area (Å²) in [7, 11) is -3.63. The van der Waals surface area contributed by atoms with Gasteiger partial charge in [-0.1, -0.05) is 67.1 Å². The molecule has 0 amide bonds. The van der Waals surface area contributed by atoms with Crippen LogP contribution in [0.1, 0.15) is 32.1 Å². The minimum absolute atomic E-state index is 0.215. The molecule has 26 heavy (non-hydrogen) atoms. The fraction of sp³-hybridized carbons (Fsp3) is 0.300. The van der Waals surface area contributed by atoms with Crippen molar-refractivity contribution in [3.63, 3.8) is 0 Å². The molecule has 0 aromatic heterocycles. The first-order valence-corrected chi connectivity index (χ1v) is 10.5. The molecular weight excluding hydrogens is 347 g/mol. The highest BCUT2D eigenvalue weighted by atomic mass is 31.2.